The van der Waals surface area contributed by atoms with E-state index in [0.717, 1.165) is 40.2 Å². The van der Waals surface area contributed by atoms with Crippen molar-refractivity contribution >= 4 is 33.3 Å². The maximum atomic E-state index is 13.1. The Morgan fingerprint density at radius 3 is 2.75 bits per heavy atom. The Morgan fingerprint density at radius 2 is 2.17 bits per heavy atom. The molecule has 0 unspecified atom stereocenters. The van der Waals surface area contributed by atoms with E-state index in [9.17, 15) is 4.79 Å². The summed E-state index contributed by atoms with van der Waals surface area (Å²) in [6.45, 7) is 13.4. The van der Waals surface area contributed by atoms with E-state index >= 15 is 0 Å². The summed E-state index contributed by atoms with van der Waals surface area (Å²) in [4.78, 5) is 20.2. The quantitative estimate of drug-likeness (QED) is 0.442. The Balaban J connectivity index is 2.16. The SMILES string of the molecule is C=C(C)Cn1c(SC)nc2sc3c(c2c1=O)CC[C@@H](C(C)(C)C)C3. The van der Waals surface area contributed by atoms with Crippen molar-refractivity contribution in [1.82, 2.24) is 9.55 Å². The van der Waals surface area contributed by atoms with Crippen molar-refractivity contribution in [2.75, 3.05) is 6.26 Å². The number of thiophene rings is 1. The number of hydrogen-bond acceptors (Lipinski definition) is 4. The summed E-state index contributed by atoms with van der Waals surface area (Å²) in [6, 6.07) is 0. The van der Waals surface area contributed by atoms with Crippen LogP contribution < -0.4 is 5.56 Å². The highest BCUT2D eigenvalue weighted by Gasteiger charge is 2.32. The minimum atomic E-state index is 0.110. The third-order valence-electron chi connectivity index (χ3n) is 4.97. The number of nitrogens with zero attached hydrogens (tertiary/aromatic N) is 2. The van der Waals surface area contributed by atoms with Crippen LogP contribution in [0.5, 0.6) is 0 Å². The minimum absolute atomic E-state index is 0.110. The number of allylic oxidation sites excluding steroid dienone is 1. The second kappa shape index (κ2) is 6.34. The first-order valence-electron chi connectivity index (χ1n) is 8.45. The van der Waals surface area contributed by atoms with Crippen molar-refractivity contribution in [3.8, 4) is 0 Å². The van der Waals surface area contributed by atoms with Crippen molar-refractivity contribution in [3.63, 3.8) is 0 Å². The van der Waals surface area contributed by atoms with Gasteiger partial charge in [0.2, 0.25) is 0 Å². The molecule has 2 heterocycles. The average molecular weight is 363 g/mol. The molecule has 0 saturated heterocycles. The molecule has 0 amide bonds. The summed E-state index contributed by atoms with van der Waals surface area (Å²) in [5.74, 6) is 0.677. The normalized spacial score (nSPS) is 18.0. The lowest BCUT2D eigenvalue weighted by atomic mass is 9.72. The Morgan fingerprint density at radius 1 is 1.46 bits per heavy atom. The van der Waals surface area contributed by atoms with Crippen LogP contribution in [0.25, 0.3) is 10.2 Å². The van der Waals surface area contributed by atoms with Crippen LogP contribution in [0.1, 0.15) is 44.6 Å². The van der Waals surface area contributed by atoms with Gasteiger partial charge in [0.05, 0.1) is 5.39 Å². The molecule has 1 aliphatic rings. The molecule has 3 nitrogen and oxygen atoms in total. The van der Waals surface area contributed by atoms with Gasteiger partial charge in [0.25, 0.3) is 5.56 Å². The Hall–Kier alpha value is -1.07. The molecule has 0 aromatic carbocycles. The van der Waals surface area contributed by atoms with Crippen molar-refractivity contribution in [2.24, 2.45) is 11.3 Å². The predicted molar refractivity (Wildman–Crippen MR) is 105 cm³/mol. The molecule has 0 aliphatic heterocycles. The van der Waals surface area contributed by atoms with Crippen LogP contribution in [-0.2, 0) is 19.4 Å². The van der Waals surface area contributed by atoms with Crippen LogP contribution in [0.15, 0.2) is 22.1 Å². The van der Waals surface area contributed by atoms with Gasteiger partial charge in [-0.3, -0.25) is 9.36 Å². The van der Waals surface area contributed by atoms with Gasteiger partial charge in [-0.1, -0.05) is 44.7 Å². The number of aryl methyl sites for hydroxylation is 1. The van der Waals surface area contributed by atoms with E-state index < -0.39 is 0 Å². The maximum Gasteiger partial charge on any atom is 0.263 e. The van der Waals surface area contributed by atoms with Gasteiger partial charge >= 0.3 is 0 Å². The second-order valence-electron chi connectivity index (χ2n) is 7.94. The van der Waals surface area contributed by atoms with Crippen LogP contribution >= 0.6 is 23.1 Å². The zero-order chi connectivity index (χ0) is 17.6. The molecule has 0 N–H and O–H groups in total. The van der Waals surface area contributed by atoms with Crippen molar-refractivity contribution in [2.45, 2.75) is 58.7 Å². The summed E-state index contributed by atoms with van der Waals surface area (Å²) < 4.78 is 1.79. The Kier molecular flexibility index (Phi) is 4.69. The first-order chi connectivity index (χ1) is 11.2. The standard InChI is InChI=1S/C19H26N2OS2/c1-11(2)10-21-17(22)15-13-8-7-12(19(3,4)5)9-14(13)24-16(15)20-18(21)23-6/h12H,1,7-10H2,2-6H3/t12-/m1/s1. The zero-order valence-corrected chi connectivity index (χ0v) is 16.9. The van der Waals surface area contributed by atoms with E-state index in [1.165, 1.54) is 22.2 Å². The van der Waals surface area contributed by atoms with E-state index in [1.54, 1.807) is 15.9 Å². The number of thioether (sulfide) groups is 1. The fourth-order valence-electron chi connectivity index (χ4n) is 3.54. The topological polar surface area (TPSA) is 34.9 Å². The van der Waals surface area contributed by atoms with Crippen LogP contribution in [0.2, 0.25) is 0 Å². The fourth-order valence-corrected chi connectivity index (χ4v) is 5.44. The summed E-state index contributed by atoms with van der Waals surface area (Å²) >= 11 is 3.27. The summed E-state index contributed by atoms with van der Waals surface area (Å²) in [7, 11) is 0. The molecular formula is C19H26N2OS2. The molecule has 2 aromatic heterocycles. The lowest BCUT2D eigenvalue weighted by Crippen LogP contribution is -2.27. The molecule has 130 valence electrons. The maximum absolute atomic E-state index is 13.1. The van der Waals surface area contributed by atoms with E-state index in [1.807, 2.05) is 13.2 Å². The molecule has 0 bridgehead atoms. The molecule has 1 atom stereocenters. The highest BCUT2D eigenvalue weighted by Crippen LogP contribution is 2.42. The zero-order valence-electron chi connectivity index (χ0n) is 15.2. The van der Waals surface area contributed by atoms with Gasteiger partial charge in [0.15, 0.2) is 5.16 Å². The summed E-state index contributed by atoms with van der Waals surface area (Å²) in [5.41, 5.74) is 2.66. The highest BCUT2D eigenvalue weighted by molar-refractivity contribution is 7.98. The third-order valence-corrected chi connectivity index (χ3v) is 6.79. The molecule has 0 radical (unpaired) electrons. The van der Waals surface area contributed by atoms with Crippen LogP contribution in [0, 0.1) is 11.3 Å². The number of hydrogen-bond donors (Lipinski definition) is 0. The van der Waals surface area contributed by atoms with Gasteiger partial charge in [-0.25, -0.2) is 4.98 Å². The Bertz CT molecular complexity index is 855. The average Bonchev–Trinajstić information content (AvgIpc) is 2.86. The smallest absolute Gasteiger partial charge is 0.263 e. The van der Waals surface area contributed by atoms with Crippen molar-refractivity contribution < 1.29 is 0 Å². The van der Waals surface area contributed by atoms with E-state index in [0.29, 0.717) is 17.9 Å². The number of aromatic nitrogens is 2. The predicted octanol–water partition coefficient (Wildman–Crippen LogP) is 4.91. The van der Waals surface area contributed by atoms with Crippen molar-refractivity contribution in [1.29, 1.82) is 0 Å². The Labute approximate surface area is 152 Å². The van der Waals surface area contributed by atoms with Gasteiger partial charge in [-0.15, -0.1) is 11.3 Å². The third kappa shape index (κ3) is 3.08. The first-order valence-corrected chi connectivity index (χ1v) is 10.5. The largest absolute Gasteiger partial charge is 0.283 e. The molecular weight excluding hydrogens is 336 g/mol. The first kappa shape index (κ1) is 17.7. The summed E-state index contributed by atoms with van der Waals surface area (Å²) in [6.07, 6.45) is 5.21. The highest BCUT2D eigenvalue weighted by atomic mass is 32.2. The van der Waals surface area contributed by atoms with Gasteiger partial charge in [0.1, 0.15) is 4.83 Å². The van der Waals surface area contributed by atoms with Gasteiger partial charge in [-0.2, -0.15) is 0 Å². The molecule has 1 aliphatic carbocycles. The van der Waals surface area contributed by atoms with Gasteiger partial charge < -0.3 is 0 Å². The van der Waals surface area contributed by atoms with E-state index in [2.05, 4.69) is 27.4 Å². The number of fused-ring (bicyclic) bond motifs is 3. The van der Waals surface area contributed by atoms with Crippen LogP contribution in [0.3, 0.4) is 0 Å². The number of rotatable bonds is 3. The van der Waals surface area contributed by atoms with Gasteiger partial charge in [-0.05, 0) is 49.3 Å². The second-order valence-corrected chi connectivity index (χ2v) is 9.79. The molecule has 2 aromatic rings. The van der Waals surface area contributed by atoms with Gasteiger partial charge in [0, 0.05) is 11.4 Å². The monoisotopic (exact) mass is 362 g/mol. The van der Waals surface area contributed by atoms with E-state index in [-0.39, 0.29) is 5.56 Å². The fraction of sp³-hybridized carbons (Fsp3) is 0.579. The summed E-state index contributed by atoms with van der Waals surface area (Å²) in [5, 5.41) is 1.66. The molecule has 24 heavy (non-hydrogen) atoms. The lowest BCUT2D eigenvalue weighted by molar-refractivity contribution is 0.218. The lowest BCUT2D eigenvalue weighted by Gasteiger charge is -2.33. The minimum Gasteiger partial charge on any atom is -0.283 e. The van der Waals surface area contributed by atoms with Crippen LogP contribution in [-0.4, -0.2) is 15.8 Å². The molecule has 0 fully saturated rings. The molecule has 5 heteroatoms. The molecule has 0 spiro atoms. The molecule has 0 saturated carbocycles. The van der Waals surface area contributed by atoms with Crippen LogP contribution in [0.4, 0.5) is 0 Å². The van der Waals surface area contributed by atoms with Crippen molar-refractivity contribution in [3.05, 3.63) is 32.9 Å². The molecule has 3 rings (SSSR count). The van der Waals surface area contributed by atoms with E-state index in [4.69, 9.17) is 4.98 Å².